The molecule has 1 atom stereocenters. The van der Waals surface area contributed by atoms with Crippen LogP contribution in [0.1, 0.15) is 32.6 Å². The Morgan fingerprint density at radius 1 is 1.03 bits per heavy atom. The summed E-state index contributed by atoms with van der Waals surface area (Å²) >= 11 is 0. The maximum absolute atomic E-state index is 12.4. The number of amides is 1. The molecule has 0 aromatic carbocycles. The van der Waals surface area contributed by atoms with Crippen LogP contribution in [0.3, 0.4) is 0 Å². The van der Waals surface area contributed by atoms with Gasteiger partial charge in [0.25, 0.3) is 0 Å². The summed E-state index contributed by atoms with van der Waals surface area (Å²) in [5.74, 6) is 1.80. The summed E-state index contributed by atoms with van der Waals surface area (Å²) < 4.78 is 0. The van der Waals surface area contributed by atoms with Crippen LogP contribution in [0.25, 0.3) is 0 Å². The van der Waals surface area contributed by atoms with E-state index < -0.39 is 0 Å². The Labute approximate surface area is 198 Å². The van der Waals surface area contributed by atoms with Gasteiger partial charge in [-0.15, -0.1) is 24.0 Å². The number of carbonyl (C=O) groups excluding carboxylic acids is 1. The minimum Gasteiger partial charge on any atom is -0.357 e. The molecule has 1 N–H and O–H groups in total. The largest absolute Gasteiger partial charge is 0.357 e. The van der Waals surface area contributed by atoms with E-state index in [4.69, 9.17) is 4.99 Å². The molecule has 3 fully saturated rings. The summed E-state index contributed by atoms with van der Waals surface area (Å²) in [5.41, 5.74) is 0. The zero-order chi connectivity index (χ0) is 20.1. The van der Waals surface area contributed by atoms with E-state index in [-0.39, 0.29) is 24.0 Å². The van der Waals surface area contributed by atoms with Gasteiger partial charge in [0, 0.05) is 77.4 Å². The van der Waals surface area contributed by atoms with Crippen LogP contribution in [0.15, 0.2) is 17.1 Å². The van der Waals surface area contributed by atoms with E-state index in [0.29, 0.717) is 17.9 Å². The number of aliphatic imine (C=N–C) groups is 1. The van der Waals surface area contributed by atoms with Crippen molar-refractivity contribution in [3.63, 3.8) is 0 Å². The van der Waals surface area contributed by atoms with E-state index >= 15 is 0 Å². The Morgan fingerprint density at radius 2 is 1.77 bits per heavy atom. The lowest BCUT2D eigenvalue weighted by Crippen LogP contribution is -2.51. The minimum atomic E-state index is 0. The van der Waals surface area contributed by atoms with Gasteiger partial charge in [-0.25, -0.2) is 0 Å². The third-order valence-corrected chi connectivity index (χ3v) is 6.98. The highest BCUT2D eigenvalue weighted by molar-refractivity contribution is 14.0. The molecule has 2 saturated heterocycles. The molecule has 1 amide bonds. The summed E-state index contributed by atoms with van der Waals surface area (Å²) in [5, 5.41) is 3.49. The van der Waals surface area contributed by atoms with E-state index in [0.717, 1.165) is 90.8 Å². The number of hydrogen-bond donors (Lipinski definition) is 1. The first-order chi connectivity index (χ1) is 14.2. The van der Waals surface area contributed by atoms with Gasteiger partial charge in [-0.2, -0.15) is 0 Å². The second-order valence-electron chi connectivity index (χ2n) is 8.84. The van der Waals surface area contributed by atoms with Crippen molar-refractivity contribution in [1.29, 1.82) is 0 Å². The predicted molar refractivity (Wildman–Crippen MR) is 132 cm³/mol. The zero-order valence-corrected chi connectivity index (χ0v) is 20.8. The van der Waals surface area contributed by atoms with Crippen molar-refractivity contribution in [3.8, 4) is 0 Å². The van der Waals surface area contributed by atoms with Gasteiger partial charge in [0.2, 0.25) is 5.91 Å². The fraction of sp³-hybridized carbons (Fsp3) is 0.818. The second kappa shape index (κ2) is 11.7. The SMILES string of the molecule is CCNC(=NCCN1CCN(C(=O)C2CCC2)CC1)N1CCC(N2CC=CC2)C1.I. The van der Waals surface area contributed by atoms with Gasteiger partial charge < -0.3 is 15.1 Å². The lowest BCUT2D eigenvalue weighted by atomic mass is 9.84. The molecule has 0 bridgehead atoms. The standard InChI is InChI=1S/C22H38N6O.HI/c1-2-23-22(28-12-8-20(18-28)26-10-3-4-11-26)24-9-13-25-14-16-27(17-15-25)21(29)19-6-5-7-19;/h3-4,19-20H,2,5-18H2,1H3,(H,23,24);1H. The summed E-state index contributed by atoms with van der Waals surface area (Å²) in [6, 6.07) is 0.648. The lowest BCUT2D eigenvalue weighted by Gasteiger charge is -2.38. The summed E-state index contributed by atoms with van der Waals surface area (Å²) in [6.07, 6.45) is 9.22. The number of guanidine groups is 1. The number of halogens is 1. The van der Waals surface area contributed by atoms with Crippen LogP contribution in [0, 0.1) is 5.92 Å². The molecular weight excluding hydrogens is 491 g/mol. The second-order valence-corrected chi connectivity index (χ2v) is 8.84. The van der Waals surface area contributed by atoms with Crippen molar-refractivity contribution in [2.75, 3.05) is 72.0 Å². The van der Waals surface area contributed by atoms with Gasteiger partial charge in [0.1, 0.15) is 0 Å². The van der Waals surface area contributed by atoms with Crippen LogP contribution in [0.4, 0.5) is 0 Å². The van der Waals surface area contributed by atoms with Crippen LogP contribution in [-0.2, 0) is 4.79 Å². The van der Waals surface area contributed by atoms with Gasteiger partial charge in [0.05, 0.1) is 6.54 Å². The molecule has 0 aromatic rings. The Kier molecular flexibility index (Phi) is 9.25. The summed E-state index contributed by atoms with van der Waals surface area (Å²) in [4.78, 5) is 26.9. The van der Waals surface area contributed by atoms with Crippen LogP contribution in [0.5, 0.6) is 0 Å². The Hall–Kier alpha value is -0.870. The molecule has 3 aliphatic heterocycles. The first-order valence-corrected chi connectivity index (χ1v) is 11.7. The van der Waals surface area contributed by atoms with Crippen molar-refractivity contribution >= 4 is 35.8 Å². The average molecular weight is 530 g/mol. The molecule has 30 heavy (non-hydrogen) atoms. The fourth-order valence-corrected chi connectivity index (χ4v) is 4.85. The van der Waals surface area contributed by atoms with Crippen LogP contribution >= 0.6 is 24.0 Å². The molecule has 3 heterocycles. The van der Waals surface area contributed by atoms with E-state index in [1.165, 1.54) is 12.8 Å². The first-order valence-electron chi connectivity index (χ1n) is 11.7. The van der Waals surface area contributed by atoms with Gasteiger partial charge in [0.15, 0.2) is 5.96 Å². The highest BCUT2D eigenvalue weighted by atomic mass is 127. The van der Waals surface area contributed by atoms with Gasteiger partial charge in [-0.3, -0.25) is 19.6 Å². The molecule has 1 aliphatic carbocycles. The maximum Gasteiger partial charge on any atom is 0.225 e. The molecule has 0 aromatic heterocycles. The van der Waals surface area contributed by atoms with Crippen LogP contribution < -0.4 is 5.32 Å². The van der Waals surface area contributed by atoms with E-state index in [1.54, 1.807) is 0 Å². The molecule has 0 spiro atoms. The molecule has 1 saturated carbocycles. The zero-order valence-electron chi connectivity index (χ0n) is 18.5. The predicted octanol–water partition coefficient (Wildman–Crippen LogP) is 1.46. The van der Waals surface area contributed by atoms with E-state index in [9.17, 15) is 4.79 Å². The van der Waals surface area contributed by atoms with Crippen LogP contribution in [0.2, 0.25) is 0 Å². The number of piperazine rings is 1. The Bertz CT molecular complexity index is 607. The van der Waals surface area contributed by atoms with Crippen molar-refractivity contribution in [1.82, 2.24) is 24.9 Å². The van der Waals surface area contributed by atoms with Crippen molar-refractivity contribution in [2.45, 2.75) is 38.6 Å². The smallest absolute Gasteiger partial charge is 0.225 e. The number of hydrogen-bond acceptors (Lipinski definition) is 4. The molecular formula is C22H39IN6O. The highest BCUT2D eigenvalue weighted by Gasteiger charge is 2.31. The van der Waals surface area contributed by atoms with Gasteiger partial charge in [-0.1, -0.05) is 18.6 Å². The quantitative estimate of drug-likeness (QED) is 0.244. The molecule has 170 valence electrons. The average Bonchev–Trinajstić information content (AvgIpc) is 3.38. The molecule has 4 rings (SSSR count). The van der Waals surface area contributed by atoms with Gasteiger partial charge in [-0.05, 0) is 26.2 Å². The molecule has 8 heteroatoms. The molecule has 1 unspecified atom stereocenters. The maximum atomic E-state index is 12.4. The fourth-order valence-electron chi connectivity index (χ4n) is 4.85. The minimum absolute atomic E-state index is 0. The van der Waals surface area contributed by atoms with Crippen molar-refractivity contribution in [2.24, 2.45) is 10.9 Å². The normalized spacial score (nSPS) is 26.0. The van der Waals surface area contributed by atoms with Crippen molar-refractivity contribution < 1.29 is 4.79 Å². The summed E-state index contributed by atoms with van der Waals surface area (Å²) in [6.45, 7) is 13.0. The number of likely N-dealkylation sites (tertiary alicyclic amines) is 1. The molecule has 0 radical (unpaired) electrons. The molecule has 4 aliphatic rings. The Balaban J connectivity index is 0.00000256. The van der Waals surface area contributed by atoms with E-state index in [2.05, 4.69) is 44.0 Å². The number of nitrogens with zero attached hydrogens (tertiary/aromatic N) is 5. The number of nitrogens with one attached hydrogen (secondary N) is 1. The van der Waals surface area contributed by atoms with E-state index in [1.807, 2.05) is 0 Å². The highest BCUT2D eigenvalue weighted by Crippen LogP contribution is 2.28. The third-order valence-electron chi connectivity index (χ3n) is 6.98. The molecule has 7 nitrogen and oxygen atoms in total. The summed E-state index contributed by atoms with van der Waals surface area (Å²) in [7, 11) is 0. The third kappa shape index (κ3) is 5.88. The monoisotopic (exact) mass is 530 g/mol. The topological polar surface area (TPSA) is 54.4 Å². The van der Waals surface area contributed by atoms with Crippen molar-refractivity contribution in [3.05, 3.63) is 12.2 Å². The lowest BCUT2D eigenvalue weighted by molar-refractivity contribution is -0.139. The number of rotatable bonds is 6. The van der Waals surface area contributed by atoms with Crippen LogP contribution in [-0.4, -0.2) is 110 Å². The first kappa shape index (κ1) is 23.8. The Morgan fingerprint density at radius 3 is 2.40 bits per heavy atom. The number of carbonyl (C=O) groups is 1. The van der Waals surface area contributed by atoms with Gasteiger partial charge >= 0.3 is 0 Å².